The Hall–Kier alpha value is -2.70. The summed E-state index contributed by atoms with van der Waals surface area (Å²) >= 11 is 0. The largest absolute Gasteiger partial charge is 0.337 e. The van der Waals surface area contributed by atoms with Crippen LogP contribution in [0, 0.1) is 6.92 Å². The number of aromatic nitrogens is 5. The molecule has 7 heteroatoms. The highest BCUT2D eigenvalue weighted by atomic mass is 16.2. The first kappa shape index (κ1) is 14.9. The van der Waals surface area contributed by atoms with Gasteiger partial charge in [-0.15, -0.1) is 0 Å². The standard InChI is InChI=1S/C17H20N6O/c1-11-13-5-6-14(19-16(13)22(2)21-11)12-4-3-9-23(10-12)17(24)15-7-8-18-20-15/h5-8,12H,3-4,9-10H2,1-2H3,(H,18,20)/t12-/m0/s1. The monoisotopic (exact) mass is 324 g/mol. The van der Waals surface area contributed by atoms with Crippen molar-refractivity contribution in [1.82, 2.24) is 29.9 Å². The van der Waals surface area contributed by atoms with Crippen LogP contribution in [-0.2, 0) is 7.05 Å². The quantitative estimate of drug-likeness (QED) is 0.782. The van der Waals surface area contributed by atoms with E-state index >= 15 is 0 Å². The molecule has 3 aromatic rings. The Bertz CT molecular complexity index is 882. The summed E-state index contributed by atoms with van der Waals surface area (Å²) in [4.78, 5) is 19.2. The summed E-state index contributed by atoms with van der Waals surface area (Å²) in [6.07, 6.45) is 3.63. The summed E-state index contributed by atoms with van der Waals surface area (Å²) < 4.78 is 1.82. The molecule has 1 aliphatic rings. The number of carbonyl (C=O) groups excluding carboxylic acids is 1. The molecular formula is C17H20N6O. The van der Waals surface area contributed by atoms with Crippen molar-refractivity contribution in [2.24, 2.45) is 7.05 Å². The van der Waals surface area contributed by atoms with Gasteiger partial charge in [0.05, 0.1) is 5.69 Å². The molecule has 4 rings (SSSR count). The number of fused-ring (bicyclic) bond motifs is 1. The van der Waals surface area contributed by atoms with Gasteiger partial charge in [-0.1, -0.05) is 0 Å². The number of hydrogen-bond donors (Lipinski definition) is 1. The van der Waals surface area contributed by atoms with Gasteiger partial charge in [-0.05, 0) is 38.0 Å². The lowest BCUT2D eigenvalue weighted by molar-refractivity contribution is 0.0700. The highest BCUT2D eigenvalue weighted by Crippen LogP contribution is 2.28. The summed E-state index contributed by atoms with van der Waals surface area (Å²) in [5.74, 6) is 0.264. The van der Waals surface area contributed by atoms with Gasteiger partial charge < -0.3 is 4.90 Å². The van der Waals surface area contributed by atoms with Gasteiger partial charge in [0, 0.05) is 43.3 Å². The van der Waals surface area contributed by atoms with Gasteiger partial charge in [0.15, 0.2) is 5.65 Å². The zero-order valence-corrected chi connectivity index (χ0v) is 13.9. The summed E-state index contributed by atoms with van der Waals surface area (Å²) in [6.45, 7) is 3.46. The predicted molar refractivity (Wildman–Crippen MR) is 89.7 cm³/mol. The Morgan fingerprint density at radius 1 is 1.33 bits per heavy atom. The number of H-pyrrole nitrogens is 1. The van der Waals surface area contributed by atoms with Crippen LogP contribution in [0.5, 0.6) is 0 Å². The maximum absolute atomic E-state index is 12.5. The second kappa shape index (κ2) is 5.74. The fourth-order valence-electron chi connectivity index (χ4n) is 3.49. The van der Waals surface area contributed by atoms with Crippen molar-refractivity contribution < 1.29 is 4.79 Å². The Morgan fingerprint density at radius 3 is 3.00 bits per heavy atom. The van der Waals surface area contributed by atoms with Gasteiger partial charge >= 0.3 is 0 Å². The van der Waals surface area contributed by atoms with E-state index in [1.165, 1.54) is 0 Å². The first-order chi connectivity index (χ1) is 11.6. The van der Waals surface area contributed by atoms with Crippen LogP contribution < -0.4 is 0 Å². The van der Waals surface area contributed by atoms with Gasteiger partial charge in [0.25, 0.3) is 5.91 Å². The van der Waals surface area contributed by atoms with E-state index in [-0.39, 0.29) is 11.8 Å². The molecule has 0 spiro atoms. The van der Waals surface area contributed by atoms with Crippen molar-refractivity contribution in [1.29, 1.82) is 0 Å². The zero-order valence-electron chi connectivity index (χ0n) is 13.9. The highest BCUT2D eigenvalue weighted by molar-refractivity contribution is 5.92. The minimum atomic E-state index is 0.00894. The van der Waals surface area contributed by atoms with Crippen molar-refractivity contribution in [3.63, 3.8) is 0 Å². The molecule has 0 saturated carbocycles. The van der Waals surface area contributed by atoms with E-state index in [1.54, 1.807) is 12.3 Å². The molecule has 0 aliphatic carbocycles. The van der Waals surface area contributed by atoms with Crippen molar-refractivity contribution in [2.45, 2.75) is 25.7 Å². The van der Waals surface area contributed by atoms with E-state index in [0.29, 0.717) is 12.2 Å². The molecule has 1 aliphatic heterocycles. The molecule has 1 atom stereocenters. The number of carbonyl (C=O) groups is 1. The lowest BCUT2D eigenvalue weighted by Crippen LogP contribution is -2.39. The average molecular weight is 324 g/mol. The minimum absolute atomic E-state index is 0.00894. The molecule has 0 radical (unpaired) electrons. The summed E-state index contributed by atoms with van der Waals surface area (Å²) in [6, 6.07) is 5.89. The number of nitrogens with one attached hydrogen (secondary N) is 1. The van der Waals surface area contributed by atoms with Crippen LogP contribution in [0.2, 0.25) is 0 Å². The highest BCUT2D eigenvalue weighted by Gasteiger charge is 2.27. The molecule has 1 saturated heterocycles. The number of aromatic amines is 1. The second-order valence-electron chi connectivity index (χ2n) is 6.38. The third kappa shape index (κ3) is 2.46. The molecule has 1 N–H and O–H groups in total. The van der Waals surface area contributed by atoms with Crippen molar-refractivity contribution in [2.75, 3.05) is 13.1 Å². The smallest absolute Gasteiger partial charge is 0.271 e. The summed E-state index contributed by atoms with van der Waals surface area (Å²) in [7, 11) is 1.92. The van der Waals surface area contributed by atoms with Crippen LogP contribution in [0.1, 0.15) is 40.6 Å². The van der Waals surface area contributed by atoms with E-state index < -0.39 is 0 Å². The summed E-state index contributed by atoms with van der Waals surface area (Å²) in [5.41, 5.74) is 3.47. The van der Waals surface area contributed by atoms with Crippen LogP contribution in [0.25, 0.3) is 11.0 Å². The topological polar surface area (TPSA) is 79.7 Å². The maximum atomic E-state index is 12.5. The van der Waals surface area contributed by atoms with E-state index in [2.05, 4.69) is 27.4 Å². The molecule has 24 heavy (non-hydrogen) atoms. The van der Waals surface area contributed by atoms with E-state index in [1.807, 2.05) is 23.6 Å². The zero-order chi connectivity index (χ0) is 16.7. The molecule has 7 nitrogen and oxygen atoms in total. The molecule has 1 amide bonds. The Labute approximate surface area is 139 Å². The normalized spacial score (nSPS) is 18.2. The van der Waals surface area contributed by atoms with Crippen LogP contribution in [0.4, 0.5) is 0 Å². The van der Waals surface area contributed by atoms with Crippen LogP contribution in [-0.4, -0.2) is 48.9 Å². The third-order valence-corrected chi connectivity index (χ3v) is 4.75. The predicted octanol–water partition coefficient (Wildman–Crippen LogP) is 2.02. The minimum Gasteiger partial charge on any atom is -0.337 e. The lowest BCUT2D eigenvalue weighted by Gasteiger charge is -2.32. The Balaban J connectivity index is 1.60. The van der Waals surface area contributed by atoms with Gasteiger partial charge in [-0.3, -0.25) is 14.6 Å². The fraction of sp³-hybridized carbons (Fsp3) is 0.412. The van der Waals surface area contributed by atoms with Gasteiger partial charge in [-0.25, -0.2) is 4.98 Å². The molecule has 0 bridgehead atoms. The number of amides is 1. The molecule has 4 heterocycles. The second-order valence-corrected chi connectivity index (χ2v) is 6.38. The molecule has 0 aromatic carbocycles. The lowest BCUT2D eigenvalue weighted by atomic mass is 9.94. The number of aryl methyl sites for hydroxylation is 2. The third-order valence-electron chi connectivity index (χ3n) is 4.75. The van der Waals surface area contributed by atoms with E-state index in [4.69, 9.17) is 4.98 Å². The van der Waals surface area contributed by atoms with Gasteiger partial charge in [0.2, 0.25) is 0 Å². The van der Waals surface area contributed by atoms with Crippen molar-refractivity contribution in [3.8, 4) is 0 Å². The van der Waals surface area contributed by atoms with Gasteiger partial charge in [0.1, 0.15) is 5.69 Å². The fourth-order valence-corrected chi connectivity index (χ4v) is 3.49. The van der Waals surface area contributed by atoms with Crippen molar-refractivity contribution >= 4 is 16.9 Å². The van der Waals surface area contributed by atoms with Crippen LogP contribution in [0.15, 0.2) is 24.4 Å². The Kier molecular flexibility index (Phi) is 3.55. The number of hydrogen-bond acceptors (Lipinski definition) is 4. The molecule has 1 fully saturated rings. The number of rotatable bonds is 2. The Morgan fingerprint density at radius 2 is 2.21 bits per heavy atom. The number of likely N-dealkylation sites (tertiary alicyclic amines) is 1. The van der Waals surface area contributed by atoms with E-state index in [0.717, 1.165) is 41.8 Å². The van der Waals surface area contributed by atoms with Crippen LogP contribution in [0.3, 0.4) is 0 Å². The van der Waals surface area contributed by atoms with Crippen LogP contribution >= 0.6 is 0 Å². The van der Waals surface area contributed by atoms with E-state index in [9.17, 15) is 4.79 Å². The molecule has 124 valence electrons. The van der Waals surface area contributed by atoms with Crippen molar-refractivity contribution in [3.05, 3.63) is 41.5 Å². The van der Waals surface area contributed by atoms with Gasteiger partial charge in [-0.2, -0.15) is 10.2 Å². The number of pyridine rings is 1. The molecular weight excluding hydrogens is 304 g/mol. The molecule has 3 aromatic heterocycles. The SMILES string of the molecule is Cc1nn(C)c2nc([C@H]3CCCN(C(=O)c4ccn[nH]4)C3)ccc12. The maximum Gasteiger partial charge on any atom is 0.271 e. The summed E-state index contributed by atoms with van der Waals surface area (Å²) in [5, 5.41) is 12.1. The molecule has 0 unspecified atom stereocenters. The number of piperidine rings is 1. The first-order valence-electron chi connectivity index (χ1n) is 8.22. The first-order valence-corrected chi connectivity index (χ1v) is 8.22. The number of nitrogens with zero attached hydrogens (tertiary/aromatic N) is 5. The average Bonchev–Trinajstić information content (AvgIpc) is 3.23.